The molecular weight excluding hydrogens is 320 g/mol. The number of hydrogen-bond donors (Lipinski definition) is 2. The number of benzene rings is 2. The number of esters is 1. The van der Waals surface area contributed by atoms with Crippen LogP contribution in [0.4, 0.5) is 5.69 Å². The number of nitrogens with one attached hydrogen (secondary N) is 2. The van der Waals surface area contributed by atoms with Gasteiger partial charge in [0.25, 0.3) is 0 Å². The molecule has 0 saturated carbocycles. The Morgan fingerprint density at radius 2 is 1.64 bits per heavy atom. The van der Waals surface area contributed by atoms with Crippen molar-refractivity contribution in [1.82, 2.24) is 5.32 Å². The molecule has 2 aromatic carbocycles. The summed E-state index contributed by atoms with van der Waals surface area (Å²) in [5, 5.41) is 5.16. The average Bonchev–Trinajstić information content (AvgIpc) is 2.62. The topological polar surface area (TPSA) is 84.5 Å². The number of aryl methyl sites for hydroxylation is 1. The first-order chi connectivity index (χ1) is 12.0. The third-order valence-corrected chi connectivity index (χ3v) is 3.54. The van der Waals surface area contributed by atoms with E-state index in [4.69, 9.17) is 0 Å². The van der Waals surface area contributed by atoms with Crippen LogP contribution in [0.5, 0.6) is 0 Å². The predicted molar refractivity (Wildman–Crippen MR) is 94.3 cm³/mol. The number of carbonyl (C=O) groups excluding carboxylic acids is 3. The Labute approximate surface area is 146 Å². The summed E-state index contributed by atoms with van der Waals surface area (Å²) < 4.78 is 4.67. The number of anilines is 1. The van der Waals surface area contributed by atoms with E-state index in [1.165, 1.54) is 7.11 Å². The normalized spacial score (nSPS) is 10.0. The molecule has 0 aromatic heterocycles. The summed E-state index contributed by atoms with van der Waals surface area (Å²) in [4.78, 5) is 35.6. The molecule has 130 valence electrons. The molecule has 0 bridgehead atoms. The van der Waals surface area contributed by atoms with Crippen molar-refractivity contribution in [2.24, 2.45) is 0 Å². The number of hydrogen-bond acceptors (Lipinski definition) is 4. The molecule has 6 nitrogen and oxygen atoms in total. The van der Waals surface area contributed by atoms with Crippen LogP contribution in [-0.4, -0.2) is 31.4 Å². The summed E-state index contributed by atoms with van der Waals surface area (Å²) >= 11 is 0. The zero-order chi connectivity index (χ0) is 18.2. The van der Waals surface area contributed by atoms with Crippen LogP contribution in [0.2, 0.25) is 0 Å². The van der Waals surface area contributed by atoms with Gasteiger partial charge in [0.15, 0.2) is 0 Å². The smallest absolute Gasteiger partial charge is 0.339 e. The molecule has 0 unspecified atom stereocenters. The number of para-hydroxylation sites is 1. The Bertz CT molecular complexity index is 769. The Kier molecular flexibility index (Phi) is 6.28. The van der Waals surface area contributed by atoms with E-state index in [1.54, 1.807) is 24.3 Å². The molecule has 2 aromatic rings. The van der Waals surface area contributed by atoms with Crippen molar-refractivity contribution in [3.8, 4) is 0 Å². The van der Waals surface area contributed by atoms with Gasteiger partial charge in [-0.05, 0) is 24.6 Å². The van der Waals surface area contributed by atoms with Gasteiger partial charge >= 0.3 is 5.97 Å². The molecule has 0 fully saturated rings. The number of ether oxygens (including phenoxy) is 1. The van der Waals surface area contributed by atoms with Crippen molar-refractivity contribution in [2.75, 3.05) is 19.0 Å². The van der Waals surface area contributed by atoms with Gasteiger partial charge in [0.05, 0.1) is 31.3 Å². The fraction of sp³-hybridized carbons (Fsp3) is 0.211. The molecule has 6 heteroatoms. The van der Waals surface area contributed by atoms with Crippen LogP contribution >= 0.6 is 0 Å². The standard InChI is InChI=1S/C19H20N2O4/c1-13-7-9-14(10-8-13)11-17(22)20-12-18(23)21-16-6-4-3-5-15(16)19(24)25-2/h3-10H,11-12H2,1-2H3,(H,20,22)(H,21,23). The van der Waals surface area contributed by atoms with E-state index in [0.29, 0.717) is 5.69 Å². The first-order valence-corrected chi connectivity index (χ1v) is 7.79. The van der Waals surface area contributed by atoms with Crippen molar-refractivity contribution in [1.29, 1.82) is 0 Å². The van der Waals surface area contributed by atoms with Gasteiger partial charge in [-0.15, -0.1) is 0 Å². The summed E-state index contributed by atoms with van der Waals surface area (Å²) in [7, 11) is 1.27. The first-order valence-electron chi connectivity index (χ1n) is 7.79. The highest BCUT2D eigenvalue weighted by molar-refractivity contribution is 6.02. The van der Waals surface area contributed by atoms with Gasteiger partial charge in [-0.1, -0.05) is 42.0 Å². The van der Waals surface area contributed by atoms with Crippen LogP contribution in [-0.2, 0) is 20.7 Å². The molecule has 0 atom stereocenters. The van der Waals surface area contributed by atoms with Gasteiger partial charge in [-0.2, -0.15) is 0 Å². The quantitative estimate of drug-likeness (QED) is 0.789. The van der Waals surface area contributed by atoms with Gasteiger partial charge < -0.3 is 15.4 Å². The minimum atomic E-state index is -0.542. The van der Waals surface area contributed by atoms with E-state index >= 15 is 0 Å². The van der Waals surface area contributed by atoms with Crippen molar-refractivity contribution >= 4 is 23.5 Å². The van der Waals surface area contributed by atoms with E-state index < -0.39 is 11.9 Å². The van der Waals surface area contributed by atoms with Crippen LogP contribution < -0.4 is 10.6 Å². The molecule has 0 aliphatic rings. The van der Waals surface area contributed by atoms with Gasteiger partial charge in [0.1, 0.15) is 0 Å². The molecule has 25 heavy (non-hydrogen) atoms. The highest BCUT2D eigenvalue weighted by atomic mass is 16.5. The zero-order valence-corrected chi connectivity index (χ0v) is 14.2. The predicted octanol–water partition coefficient (Wildman–Crippen LogP) is 2.08. The largest absolute Gasteiger partial charge is 0.465 e. The van der Waals surface area contributed by atoms with Crippen molar-refractivity contribution in [2.45, 2.75) is 13.3 Å². The maximum Gasteiger partial charge on any atom is 0.339 e. The van der Waals surface area contributed by atoms with E-state index in [0.717, 1.165) is 11.1 Å². The number of carbonyl (C=O) groups is 3. The van der Waals surface area contributed by atoms with Crippen LogP contribution in [0.25, 0.3) is 0 Å². The maximum atomic E-state index is 12.0. The van der Waals surface area contributed by atoms with Gasteiger partial charge in [-0.25, -0.2) is 4.79 Å². The minimum Gasteiger partial charge on any atom is -0.465 e. The Morgan fingerprint density at radius 3 is 2.32 bits per heavy atom. The van der Waals surface area contributed by atoms with Gasteiger partial charge in [0.2, 0.25) is 11.8 Å². The third-order valence-electron chi connectivity index (χ3n) is 3.54. The summed E-state index contributed by atoms with van der Waals surface area (Å²) in [6, 6.07) is 14.1. The van der Waals surface area contributed by atoms with E-state index in [-0.39, 0.29) is 24.4 Å². The summed E-state index contributed by atoms with van der Waals surface area (Å²) in [6.07, 6.45) is 0.201. The van der Waals surface area contributed by atoms with E-state index in [2.05, 4.69) is 15.4 Å². The Balaban J connectivity index is 1.87. The lowest BCUT2D eigenvalue weighted by atomic mass is 10.1. The zero-order valence-electron chi connectivity index (χ0n) is 14.2. The van der Waals surface area contributed by atoms with Crippen molar-refractivity contribution in [3.63, 3.8) is 0 Å². The van der Waals surface area contributed by atoms with E-state index in [9.17, 15) is 14.4 Å². The molecule has 0 radical (unpaired) electrons. The SMILES string of the molecule is COC(=O)c1ccccc1NC(=O)CNC(=O)Cc1ccc(C)cc1. The number of rotatable bonds is 6. The lowest BCUT2D eigenvalue weighted by Gasteiger charge is -2.10. The maximum absolute atomic E-state index is 12.0. The second-order valence-electron chi connectivity index (χ2n) is 5.52. The third kappa shape index (κ3) is 5.46. The monoisotopic (exact) mass is 340 g/mol. The highest BCUT2D eigenvalue weighted by Gasteiger charge is 2.13. The highest BCUT2D eigenvalue weighted by Crippen LogP contribution is 2.15. The summed E-state index contributed by atoms with van der Waals surface area (Å²) in [5.74, 6) is -1.21. The second-order valence-corrected chi connectivity index (χ2v) is 5.52. The van der Waals surface area contributed by atoms with Crippen LogP contribution in [0.3, 0.4) is 0 Å². The lowest BCUT2D eigenvalue weighted by Crippen LogP contribution is -2.34. The molecule has 0 saturated heterocycles. The van der Waals surface area contributed by atoms with Crippen molar-refractivity contribution in [3.05, 3.63) is 65.2 Å². The first kappa shape index (κ1) is 18.2. The van der Waals surface area contributed by atoms with Crippen molar-refractivity contribution < 1.29 is 19.1 Å². The summed E-state index contributed by atoms with van der Waals surface area (Å²) in [6.45, 7) is 1.79. The average molecular weight is 340 g/mol. The number of methoxy groups -OCH3 is 1. The van der Waals surface area contributed by atoms with Crippen LogP contribution in [0.1, 0.15) is 21.5 Å². The molecule has 0 aliphatic heterocycles. The molecule has 2 amide bonds. The molecule has 2 rings (SSSR count). The van der Waals surface area contributed by atoms with Crippen LogP contribution in [0.15, 0.2) is 48.5 Å². The Morgan fingerprint density at radius 1 is 0.960 bits per heavy atom. The lowest BCUT2D eigenvalue weighted by molar-refractivity contribution is -0.123. The molecule has 0 spiro atoms. The minimum absolute atomic E-state index is 0.180. The van der Waals surface area contributed by atoms with E-state index in [1.807, 2.05) is 31.2 Å². The molecule has 0 heterocycles. The molecule has 2 N–H and O–H groups in total. The molecule has 0 aliphatic carbocycles. The van der Waals surface area contributed by atoms with Gasteiger partial charge in [-0.3, -0.25) is 9.59 Å². The Hall–Kier alpha value is -3.15. The molecular formula is C19H20N2O4. The fourth-order valence-electron chi connectivity index (χ4n) is 2.21. The second kappa shape index (κ2) is 8.63. The van der Waals surface area contributed by atoms with Gasteiger partial charge in [0, 0.05) is 0 Å². The fourth-order valence-corrected chi connectivity index (χ4v) is 2.21. The number of amides is 2. The van der Waals surface area contributed by atoms with Crippen LogP contribution in [0, 0.1) is 6.92 Å². The summed E-state index contributed by atoms with van der Waals surface area (Å²) in [5.41, 5.74) is 2.59.